The van der Waals surface area contributed by atoms with Gasteiger partial charge in [0.2, 0.25) is 15.8 Å². The number of nitro benzene ring substituents is 1. The summed E-state index contributed by atoms with van der Waals surface area (Å²) in [6.45, 7) is 1.54. The summed E-state index contributed by atoms with van der Waals surface area (Å²) in [6, 6.07) is 12.4. The van der Waals surface area contributed by atoms with Crippen molar-refractivity contribution in [1.29, 1.82) is 0 Å². The van der Waals surface area contributed by atoms with Crippen molar-refractivity contribution in [1.82, 2.24) is 14.1 Å². The lowest BCUT2D eigenvalue weighted by atomic mass is 10.2. The van der Waals surface area contributed by atoms with E-state index in [0.717, 1.165) is 6.42 Å². The molecule has 0 unspecified atom stereocenters. The molecule has 0 atom stereocenters. The monoisotopic (exact) mass is 573 g/mol. The van der Waals surface area contributed by atoms with Crippen LogP contribution in [0.1, 0.15) is 24.8 Å². The maximum Gasteiger partial charge on any atom is 0.316 e. The van der Waals surface area contributed by atoms with Gasteiger partial charge in [0.25, 0.3) is 5.69 Å². The predicted molar refractivity (Wildman–Crippen MR) is 147 cm³/mol. The molecular formula is C26H28ClN5O6S. The Balaban J connectivity index is 1.32. The van der Waals surface area contributed by atoms with E-state index in [4.69, 9.17) is 16.3 Å². The molecule has 11 nitrogen and oxygen atoms in total. The second-order valence-electron chi connectivity index (χ2n) is 9.70. The van der Waals surface area contributed by atoms with Gasteiger partial charge in [0.05, 0.1) is 29.2 Å². The lowest BCUT2D eigenvalue weighted by Gasteiger charge is -2.35. The number of nitrogens with zero attached hydrogens (tertiary/aromatic N) is 5. The number of sulfonamides is 1. The zero-order valence-electron chi connectivity index (χ0n) is 21.1. The standard InChI is InChI=1S/C26H28ClN5O6S/c27-21-2-1-3-23(16-21)31-26(33)25(38-15-10-19-4-5-19)24(17-28-31)29-11-13-30(14-12-29)39(36,37)18-20-6-8-22(9-7-20)32(34)35/h1-3,6-9,16-17,19H,4-5,10-15,18H2. The highest BCUT2D eigenvalue weighted by molar-refractivity contribution is 7.88. The van der Waals surface area contributed by atoms with Gasteiger partial charge in [0, 0.05) is 43.3 Å². The Morgan fingerprint density at radius 2 is 1.79 bits per heavy atom. The minimum absolute atomic E-state index is 0.0918. The number of benzene rings is 2. The van der Waals surface area contributed by atoms with E-state index in [9.17, 15) is 23.3 Å². The van der Waals surface area contributed by atoms with Crippen molar-refractivity contribution in [2.24, 2.45) is 5.92 Å². The van der Waals surface area contributed by atoms with E-state index in [0.29, 0.717) is 47.6 Å². The SMILES string of the molecule is O=c1c(OCCC2CC2)c(N2CCN(S(=O)(=O)Cc3ccc([N+](=O)[O-])cc3)CC2)cnn1-c1cccc(Cl)c1. The van der Waals surface area contributed by atoms with Crippen LogP contribution >= 0.6 is 11.6 Å². The van der Waals surface area contributed by atoms with Gasteiger partial charge in [-0.3, -0.25) is 14.9 Å². The Morgan fingerprint density at radius 1 is 1.08 bits per heavy atom. The molecule has 1 saturated carbocycles. The van der Waals surface area contributed by atoms with Gasteiger partial charge >= 0.3 is 5.56 Å². The molecule has 2 fully saturated rings. The topological polar surface area (TPSA) is 128 Å². The average molecular weight is 574 g/mol. The highest BCUT2D eigenvalue weighted by Gasteiger charge is 2.30. The maximum absolute atomic E-state index is 13.5. The van der Waals surface area contributed by atoms with Crippen molar-refractivity contribution in [3.63, 3.8) is 0 Å². The maximum atomic E-state index is 13.5. The van der Waals surface area contributed by atoms with Crippen molar-refractivity contribution in [2.75, 3.05) is 37.7 Å². The zero-order chi connectivity index (χ0) is 27.6. The van der Waals surface area contributed by atoms with Crippen LogP contribution in [0.4, 0.5) is 11.4 Å². The fourth-order valence-electron chi connectivity index (χ4n) is 4.54. The van der Waals surface area contributed by atoms with E-state index < -0.39 is 20.5 Å². The minimum atomic E-state index is -3.65. The molecule has 2 heterocycles. The summed E-state index contributed by atoms with van der Waals surface area (Å²) in [4.78, 5) is 25.7. The van der Waals surface area contributed by atoms with Crippen LogP contribution in [0.25, 0.3) is 5.69 Å². The zero-order valence-corrected chi connectivity index (χ0v) is 22.7. The summed E-state index contributed by atoms with van der Waals surface area (Å²) in [5.41, 5.74) is 1.03. The Hall–Kier alpha value is -3.48. The van der Waals surface area contributed by atoms with Gasteiger partial charge in [-0.15, -0.1) is 0 Å². The molecule has 1 aliphatic carbocycles. The summed E-state index contributed by atoms with van der Waals surface area (Å²) >= 11 is 6.12. The van der Waals surface area contributed by atoms with Crippen LogP contribution in [0.15, 0.2) is 59.5 Å². The van der Waals surface area contributed by atoms with Crippen molar-refractivity contribution < 1.29 is 18.1 Å². The molecule has 0 amide bonds. The highest BCUT2D eigenvalue weighted by atomic mass is 35.5. The third-order valence-corrected chi connectivity index (χ3v) is 8.99. The largest absolute Gasteiger partial charge is 0.486 e. The molecule has 1 aliphatic heterocycles. The number of anilines is 1. The second-order valence-corrected chi connectivity index (χ2v) is 12.1. The van der Waals surface area contributed by atoms with Crippen LogP contribution < -0.4 is 15.2 Å². The molecule has 3 aromatic rings. The van der Waals surface area contributed by atoms with Gasteiger partial charge in [0.15, 0.2) is 0 Å². The van der Waals surface area contributed by atoms with Gasteiger partial charge < -0.3 is 9.64 Å². The quantitative estimate of drug-likeness (QED) is 0.266. The molecule has 0 N–H and O–H groups in total. The van der Waals surface area contributed by atoms with E-state index in [2.05, 4.69) is 5.10 Å². The average Bonchev–Trinajstić information content (AvgIpc) is 3.74. The second kappa shape index (κ2) is 11.3. The molecule has 2 aromatic carbocycles. The summed E-state index contributed by atoms with van der Waals surface area (Å²) < 4.78 is 34.8. The van der Waals surface area contributed by atoms with Crippen LogP contribution in [0.3, 0.4) is 0 Å². The van der Waals surface area contributed by atoms with E-state index >= 15 is 0 Å². The number of hydrogen-bond acceptors (Lipinski definition) is 8. The molecule has 5 rings (SSSR count). The van der Waals surface area contributed by atoms with Gasteiger partial charge in [0.1, 0.15) is 5.69 Å². The van der Waals surface area contributed by atoms with Gasteiger partial charge in [-0.2, -0.15) is 14.1 Å². The molecule has 0 radical (unpaired) electrons. The van der Waals surface area contributed by atoms with Crippen LogP contribution in [-0.2, 0) is 15.8 Å². The first-order valence-electron chi connectivity index (χ1n) is 12.7. The third-order valence-electron chi connectivity index (χ3n) is 6.91. The van der Waals surface area contributed by atoms with Gasteiger partial charge in [-0.05, 0) is 36.1 Å². The third kappa shape index (κ3) is 6.40. The number of rotatable bonds is 10. The summed E-state index contributed by atoms with van der Waals surface area (Å²) in [7, 11) is -3.65. The van der Waals surface area contributed by atoms with Crippen molar-refractivity contribution in [3.8, 4) is 11.4 Å². The first kappa shape index (κ1) is 27.1. The number of hydrogen-bond donors (Lipinski definition) is 0. The fraction of sp³-hybridized carbons (Fsp3) is 0.385. The number of aromatic nitrogens is 2. The van der Waals surface area contributed by atoms with Crippen LogP contribution in [0.2, 0.25) is 5.02 Å². The highest BCUT2D eigenvalue weighted by Crippen LogP contribution is 2.33. The van der Waals surface area contributed by atoms with Gasteiger partial charge in [-0.1, -0.05) is 42.6 Å². The summed E-state index contributed by atoms with van der Waals surface area (Å²) in [5.74, 6) is 0.570. The fourth-order valence-corrected chi connectivity index (χ4v) is 6.24. The number of halogens is 1. The Labute approximate surface area is 230 Å². The molecule has 13 heteroatoms. The molecule has 206 valence electrons. The van der Waals surface area contributed by atoms with E-state index in [1.807, 2.05) is 4.90 Å². The van der Waals surface area contributed by atoms with Crippen molar-refractivity contribution >= 4 is 33.0 Å². The van der Waals surface area contributed by atoms with E-state index in [1.165, 1.54) is 46.1 Å². The Bertz CT molecular complexity index is 1520. The van der Waals surface area contributed by atoms with E-state index in [-0.39, 0.29) is 30.3 Å². The van der Waals surface area contributed by atoms with Crippen LogP contribution in [0, 0.1) is 16.0 Å². The summed E-state index contributed by atoms with van der Waals surface area (Å²) in [6.07, 6.45) is 4.80. The first-order valence-corrected chi connectivity index (χ1v) is 14.7. The molecule has 0 bridgehead atoms. The number of piperazine rings is 1. The molecule has 1 aromatic heterocycles. The molecular weight excluding hydrogens is 546 g/mol. The summed E-state index contributed by atoms with van der Waals surface area (Å²) in [5, 5.41) is 15.7. The Kier molecular flexibility index (Phi) is 7.87. The first-order chi connectivity index (χ1) is 18.7. The number of ether oxygens (including phenoxy) is 1. The van der Waals surface area contributed by atoms with Crippen molar-refractivity contribution in [3.05, 3.63) is 85.8 Å². The number of nitro groups is 1. The van der Waals surface area contributed by atoms with Crippen molar-refractivity contribution in [2.45, 2.75) is 25.0 Å². The lowest BCUT2D eigenvalue weighted by Crippen LogP contribution is -2.49. The normalized spacial score (nSPS) is 16.3. The smallest absolute Gasteiger partial charge is 0.316 e. The lowest BCUT2D eigenvalue weighted by molar-refractivity contribution is -0.384. The predicted octanol–water partition coefficient (Wildman–Crippen LogP) is 3.63. The van der Waals surface area contributed by atoms with Gasteiger partial charge in [-0.25, -0.2) is 8.42 Å². The Morgan fingerprint density at radius 3 is 2.44 bits per heavy atom. The minimum Gasteiger partial charge on any atom is -0.486 e. The van der Waals surface area contributed by atoms with Crippen LogP contribution in [-0.4, -0.2) is 60.2 Å². The van der Waals surface area contributed by atoms with E-state index in [1.54, 1.807) is 30.5 Å². The molecule has 1 saturated heterocycles. The molecule has 2 aliphatic rings. The molecule has 39 heavy (non-hydrogen) atoms. The molecule has 0 spiro atoms. The number of non-ortho nitro benzene ring substituents is 1. The van der Waals surface area contributed by atoms with Crippen LogP contribution in [0.5, 0.6) is 5.75 Å².